The molecule has 2 heterocycles. The fraction of sp³-hybridized carbons (Fsp3) is 0.292. The van der Waals surface area contributed by atoms with Gasteiger partial charge in [-0.1, -0.05) is 24.3 Å². The van der Waals surface area contributed by atoms with Gasteiger partial charge in [0.2, 0.25) is 0 Å². The molecule has 1 aromatic heterocycles. The number of aromatic nitrogens is 2. The normalized spacial score (nSPS) is 13.3. The Kier molecular flexibility index (Phi) is 7.34. The van der Waals surface area contributed by atoms with Crippen LogP contribution >= 0.6 is 0 Å². The van der Waals surface area contributed by atoms with Crippen LogP contribution < -0.4 is 24.4 Å². The van der Waals surface area contributed by atoms with Gasteiger partial charge in [-0.3, -0.25) is 0 Å². The summed E-state index contributed by atoms with van der Waals surface area (Å²) >= 11 is 0. The second-order valence-corrected chi connectivity index (χ2v) is 7.15. The summed E-state index contributed by atoms with van der Waals surface area (Å²) in [5.41, 5.74) is 1.46. The Bertz CT molecular complexity index is 1060. The number of anilines is 1. The molecule has 1 fully saturated rings. The van der Waals surface area contributed by atoms with Crippen LogP contribution in [-0.4, -0.2) is 49.4 Å². The van der Waals surface area contributed by atoms with E-state index < -0.39 is 0 Å². The van der Waals surface area contributed by atoms with Gasteiger partial charge in [0.15, 0.2) is 5.82 Å². The fourth-order valence-electron chi connectivity index (χ4n) is 3.38. The molecule has 32 heavy (non-hydrogen) atoms. The molecular weight excluding hydrogens is 406 g/mol. The molecule has 0 spiro atoms. The van der Waals surface area contributed by atoms with Gasteiger partial charge in [-0.25, -0.2) is 9.97 Å². The second kappa shape index (κ2) is 11.0. The number of benzene rings is 2. The molecule has 164 valence electrons. The maximum atomic E-state index is 9.20. The number of nitriles is 1. The van der Waals surface area contributed by atoms with E-state index >= 15 is 0 Å². The van der Waals surface area contributed by atoms with Crippen molar-refractivity contribution in [3.05, 3.63) is 72.1 Å². The quantitative estimate of drug-likeness (QED) is 0.517. The summed E-state index contributed by atoms with van der Waals surface area (Å²) in [5, 5.41) is 12.5. The standard InChI is InChI=1S/C24H25N5O3/c25-17-19-4-1-2-5-20(19)18-32-22-7-3-6-21(16-22)30-14-15-31-24-23(27-8-9-28-24)29-12-10-26-11-13-29/h1-9,16,26H,10-15,18H2. The summed E-state index contributed by atoms with van der Waals surface area (Å²) in [6, 6.07) is 17.0. The van der Waals surface area contributed by atoms with Crippen molar-refractivity contribution in [3.63, 3.8) is 0 Å². The maximum absolute atomic E-state index is 9.20. The average Bonchev–Trinajstić information content (AvgIpc) is 2.86. The third kappa shape index (κ3) is 5.65. The van der Waals surface area contributed by atoms with Crippen LogP contribution in [0.1, 0.15) is 11.1 Å². The van der Waals surface area contributed by atoms with E-state index in [0.29, 0.717) is 42.8 Å². The molecule has 0 bridgehead atoms. The van der Waals surface area contributed by atoms with Crippen molar-refractivity contribution in [2.45, 2.75) is 6.61 Å². The maximum Gasteiger partial charge on any atom is 0.257 e. The predicted molar refractivity (Wildman–Crippen MR) is 120 cm³/mol. The Morgan fingerprint density at radius 2 is 1.66 bits per heavy atom. The van der Waals surface area contributed by atoms with Gasteiger partial charge in [0.1, 0.15) is 31.3 Å². The van der Waals surface area contributed by atoms with Gasteiger partial charge in [0, 0.05) is 50.2 Å². The fourth-order valence-corrected chi connectivity index (χ4v) is 3.38. The van der Waals surface area contributed by atoms with Crippen LogP contribution in [0.4, 0.5) is 5.82 Å². The van der Waals surface area contributed by atoms with E-state index in [1.165, 1.54) is 0 Å². The highest BCUT2D eigenvalue weighted by Crippen LogP contribution is 2.23. The van der Waals surface area contributed by atoms with Crippen LogP contribution in [0.25, 0.3) is 0 Å². The first-order valence-corrected chi connectivity index (χ1v) is 10.6. The highest BCUT2D eigenvalue weighted by Gasteiger charge is 2.17. The highest BCUT2D eigenvalue weighted by molar-refractivity contribution is 5.48. The highest BCUT2D eigenvalue weighted by atomic mass is 16.5. The number of piperazine rings is 1. The first-order chi connectivity index (χ1) is 15.8. The molecule has 0 saturated carbocycles. The number of hydrogen-bond acceptors (Lipinski definition) is 8. The van der Waals surface area contributed by atoms with Gasteiger partial charge in [0.05, 0.1) is 11.6 Å². The van der Waals surface area contributed by atoms with Crippen LogP contribution in [0.5, 0.6) is 17.4 Å². The Balaban J connectivity index is 1.28. The van der Waals surface area contributed by atoms with Gasteiger partial charge < -0.3 is 24.4 Å². The minimum atomic E-state index is 0.317. The Morgan fingerprint density at radius 1 is 0.906 bits per heavy atom. The molecule has 4 rings (SSSR count). The lowest BCUT2D eigenvalue weighted by Crippen LogP contribution is -2.44. The molecule has 1 aliphatic rings. The van der Waals surface area contributed by atoms with E-state index in [4.69, 9.17) is 14.2 Å². The summed E-state index contributed by atoms with van der Waals surface area (Å²) in [7, 11) is 0. The van der Waals surface area contributed by atoms with Gasteiger partial charge in [0.25, 0.3) is 5.88 Å². The largest absolute Gasteiger partial charge is 0.490 e. The zero-order valence-corrected chi connectivity index (χ0v) is 17.7. The van der Waals surface area contributed by atoms with E-state index in [1.54, 1.807) is 18.5 Å². The summed E-state index contributed by atoms with van der Waals surface area (Å²) in [6.45, 7) is 4.60. The molecule has 1 N–H and O–H groups in total. The molecule has 8 heteroatoms. The summed E-state index contributed by atoms with van der Waals surface area (Å²) in [4.78, 5) is 10.9. The third-order valence-electron chi connectivity index (χ3n) is 4.99. The number of nitrogens with one attached hydrogen (secondary N) is 1. The van der Waals surface area contributed by atoms with Crippen molar-refractivity contribution in [2.75, 3.05) is 44.3 Å². The smallest absolute Gasteiger partial charge is 0.257 e. The lowest BCUT2D eigenvalue weighted by molar-refractivity contribution is 0.210. The van der Waals surface area contributed by atoms with Crippen molar-refractivity contribution in [3.8, 4) is 23.4 Å². The first kappa shape index (κ1) is 21.4. The van der Waals surface area contributed by atoms with Crippen molar-refractivity contribution in [2.24, 2.45) is 0 Å². The summed E-state index contributed by atoms with van der Waals surface area (Å²) in [6.07, 6.45) is 3.31. The average molecular weight is 431 g/mol. The monoisotopic (exact) mass is 431 g/mol. The molecule has 0 amide bonds. The van der Waals surface area contributed by atoms with Crippen molar-refractivity contribution >= 4 is 5.82 Å². The molecule has 0 unspecified atom stereocenters. The molecule has 0 atom stereocenters. The van der Waals surface area contributed by atoms with Crippen LogP contribution in [0, 0.1) is 11.3 Å². The second-order valence-electron chi connectivity index (χ2n) is 7.15. The zero-order valence-electron chi connectivity index (χ0n) is 17.7. The van der Waals surface area contributed by atoms with E-state index in [0.717, 1.165) is 37.6 Å². The van der Waals surface area contributed by atoms with Crippen LogP contribution in [-0.2, 0) is 6.61 Å². The van der Waals surface area contributed by atoms with Gasteiger partial charge in [-0.2, -0.15) is 5.26 Å². The van der Waals surface area contributed by atoms with E-state index in [1.807, 2.05) is 42.5 Å². The molecule has 8 nitrogen and oxygen atoms in total. The predicted octanol–water partition coefficient (Wildman–Crippen LogP) is 2.79. The Labute approximate surface area is 187 Å². The van der Waals surface area contributed by atoms with Gasteiger partial charge >= 0.3 is 0 Å². The van der Waals surface area contributed by atoms with Crippen LogP contribution in [0.3, 0.4) is 0 Å². The number of hydrogen-bond donors (Lipinski definition) is 1. The summed E-state index contributed by atoms with van der Waals surface area (Å²) in [5.74, 6) is 2.64. The number of nitrogens with zero attached hydrogens (tertiary/aromatic N) is 4. The Hall–Kier alpha value is -3.83. The molecule has 0 aliphatic carbocycles. The van der Waals surface area contributed by atoms with Crippen molar-refractivity contribution in [1.82, 2.24) is 15.3 Å². The number of rotatable bonds is 9. The first-order valence-electron chi connectivity index (χ1n) is 10.6. The summed E-state index contributed by atoms with van der Waals surface area (Å²) < 4.78 is 17.5. The van der Waals surface area contributed by atoms with Crippen LogP contribution in [0.2, 0.25) is 0 Å². The third-order valence-corrected chi connectivity index (χ3v) is 4.99. The molecule has 0 radical (unpaired) electrons. The molecule has 2 aromatic carbocycles. The molecule has 1 saturated heterocycles. The molecule has 1 aliphatic heterocycles. The topological polar surface area (TPSA) is 92.5 Å². The lowest BCUT2D eigenvalue weighted by Gasteiger charge is -2.28. The molecule has 3 aromatic rings. The van der Waals surface area contributed by atoms with Crippen molar-refractivity contribution < 1.29 is 14.2 Å². The molecular formula is C24H25N5O3. The number of ether oxygens (including phenoxy) is 3. The van der Waals surface area contributed by atoms with E-state index in [9.17, 15) is 5.26 Å². The van der Waals surface area contributed by atoms with Gasteiger partial charge in [-0.15, -0.1) is 0 Å². The minimum Gasteiger partial charge on any atom is -0.490 e. The van der Waals surface area contributed by atoms with Gasteiger partial charge in [-0.05, 0) is 18.2 Å². The zero-order chi connectivity index (χ0) is 22.0. The van der Waals surface area contributed by atoms with E-state index in [-0.39, 0.29) is 0 Å². The van der Waals surface area contributed by atoms with E-state index in [2.05, 4.69) is 26.3 Å². The minimum absolute atomic E-state index is 0.317. The lowest BCUT2D eigenvalue weighted by atomic mass is 10.1. The Morgan fingerprint density at radius 3 is 2.50 bits per heavy atom. The van der Waals surface area contributed by atoms with Crippen LogP contribution in [0.15, 0.2) is 60.9 Å². The van der Waals surface area contributed by atoms with Crippen molar-refractivity contribution in [1.29, 1.82) is 5.26 Å². The SMILES string of the molecule is N#Cc1ccccc1COc1cccc(OCCOc2nccnc2N2CCNCC2)c1.